The quantitative estimate of drug-likeness (QED) is 0.220. The van der Waals surface area contributed by atoms with Crippen molar-refractivity contribution in [2.45, 2.75) is 77.8 Å². The average molecular weight is 575 g/mol. The van der Waals surface area contributed by atoms with Gasteiger partial charge >= 0.3 is 14.6 Å². The largest absolute Gasteiger partial charge is 0.494 e. The van der Waals surface area contributed by atoms with Crippen LogP contribution in [0.5, 0.6) is 0 Å². The molecule has 0 amide bonds. The predicted molar refractivity (Wildman–Crippen MR) is 176 cm³/mol. The van der Waals surface area contributed by atoms with E-state index in [1.165, 1.54) is 0 Å². The standard InChI is InChI=1S/C35H41B2N2O4/c1-32(2,40-9)33(3,4)41-36-27-20-26(21-28(22-27)37-42-34(5,6)35(7,8)43-37)31-38-29(24-16-12-10-13-17-24)23-30(39-31)25-18-14-11-15-19-25/h10-23H,1-9H3. The molecule has 0 atom stereocenters. The van der Waals surface area contributed by atoms with E-state index in [9.17, 15) is 0 Å². The summed E-state index contributed by atoms with van der Waals surface area (Å²) in [6, 6.07) is 28.5. The zero-order chi connectivity index (χ0) is 31.0. The number of hydrogen-bond acceptors (Lipinski definition) is 6. The first kappa shape index (κ1) is 31.1. The fraction of sp³-hybridized carbons (Fsp3) is 0.371. The molecule has 0 N–H and O–H groups in total. The zero-order valence-corrected chi connectivity index (χ0v) is 26.8. The lowest BCUT2D eigenvalue weighted by Gasteiger charge is -2.40. The predicted octanol–water partition coefficient (Wildman–Crippen LogP) is 6.24. The van der Waals surface area contributed by atoms with E-state index in [1.807, 2.05) is 82.3 Å². The summed E-state index contributed by atoms with van der Waals surface area (Å²) in [4.78, 5) is 10.1. The van der Waals surface area contributed by atoms with Crippen molar-refractivity contribution >= 4 is 25.5 Å². The van der Waals surface area contributed by atoms with Gasteiger partial charge in [-0.05, 0) is 66.9 Å². The average Bonchev–Trinajstić information content (AvgIpc) is 3.22. The molecule has 1 aliphatic rings. The SMILES string of the molecule is COC(C)(C)C(C)(C)O[B]c1cc(B2OC(C)(C)C(C)(C)O2)cc(-c2nc(-c3ccccc3)cc(-c3ccccc3)n2)c1. The number of aromatic nitrogens is 2. The van der Waals surface area contributed by atoms with Crippen molar-refractivity contribution < 1.29 is 18.7 Å². The molecule has 43 heavy (non-hydrogen) atoms. The highest BCUT2D eigenvalue weighted by Crippen LogP contribution is 2.37. The van der Waals surface area contributed by atoms with E-state index in [-0.39, 0.29) is 0 Å². The first-order chi connectivity index (χ1) is 20.2. The molecule has 0 aliphatic carbocycles. The van der Waals surface area contributed by atoms with Crippen molar-refractivity contribution in [2.24, 2.45) is 0 Å². The third-order valence-corrected chi connectivity index (χ3v) is 9.08. The van der Waals surface area contributed by atoms with E-state index >= 15 is 0 Å². The number of rotatable bonds is 9. The maximum Gasteiger partial charge on any atom is 0.494 e. The fourth-order valence-electron chi connectivity index (χ4n) is 4.68. The van der Waals surface area contributed by atoms with Gasteiger partial charge in [-0.3, -0.25) is 0 Å². The number of nitrogens with zero attached hydrogens (tertiary/aromatic N) is 2. The molecular formula is C35H41B2N2O4. The highest BCUT2D eigenvalue weighted by atomic mass is 16.7. The van der Waals surface area contributed by atoms with Gasteiger partial charge in [0.15, 0.2) is 5.82 Å². The Labute approximate surface area is 257 Å². The summed E-state index contributed by atoms with van der Waals surface area (Å²) in [7, 11) is 2.91. The fourth-order valence-corrected chi connectivity index (χ4v) is 4.68. The van der Waals surface area contributed by atoms with Crippen LogP contribution in [0.15, 0.2) is 84.9 Å². The highest BCUT2D eigenvalue weighted by molar-refractivity contribution is 6.63. The van der Waals surface area contributed by atoms with Crippen LogP contribution in [0.3, 0.4) is 0 Å². The molecule has 0 bridgehead atoms. The van der Waals surface area contributed by atoms with Gasteiger partial charge in [-0.25, -0.2) is 9.97 Å². The minimum Gasteiger partial charge on any atom is -0.427 e. The second-order valence-corrected chi connectivity index (χ2v) is 13.1. The summed E-state index contributed by atoms with van der Waals surface area (Å²) in [6.07, 6.45) is 0. The van der Waals surface area contributed by atoms with Gasteiger partial charge in [0.25, 0.3) is 0 Å². The van der Waals surface area contributed by atoms with E-state index in [0.717, 1.165) is 39.0 Å². The summed E-state index contributed by atoms with van der Waals surface area (Å²) < 4.78 is 25.0. The van der Waals surface area contributed by atoms with Crippen LogP contribution in [0, 0.1) is 0 Å². The third kappa shape index (κ3) is 6.48. The van der Waals surface area contributed by atoms with E-state index in [0.29, 0.717) is 5.82 Å². The van der Waals surface area contributed by atoms with Crippen molar-refractivity contribution in [3.8, 4) is 33.9 Å². The van der Waals surface area contributed by atoms with Gasteiger partial charge in [-0.15, -0.1) is 0 Å². The highest BCUT2D eigenvalue weighted by Gasteiger charge is 2.52. The van der Waals surface area contributed by atoms with Crippen molar-refractivity contribution in [1.82, 2.24) is 9.97 Å². The smallest absolute Gasteiger partial charge is 0.427 e. The Bertz CT molecular complexity index is 1500. The normalized spacial score (nSPS) is 16.3. The van der Waals surface area contributed by atoms with Gasteiger partial charge in [0.2, 0.25) is 0 Å². The van der Waals surface area contributed by atoms with Crippen LogP contribution in [-0.4, -0.2) is 54.1 Å². The van der Waals surface area contributed by atoms with E-state index in [4.69, 9.17) is 28.7 Å². The first-order valence-corrected chi connectivity index (χ1v) is 14.8. The van der Waals surface area contributed by atoms with Crippen LogP contribution >= 0.6 is 0 Å². The van der Waals surface area contributed by atoms with Gasteiger partial charge in [0.1, 0.15) is 0 Å². The van der Waals surface area contributed by atoms with E-state index < -0.39 is 29.5 Å². The van der Waals surface area contributed by atoms with Crippen LogP contribution in [-0.2, 0) is 18.7 Å². The molecule has 4 aromatic rings. The second-order valence-electron chi connectivity index (χ2n) is 13.1. The van der Waals surface area contributed by atoms with Gasteiger partial charge in [-0.1, -0.05) is 84.3 Å². The van der Waals surface area contributed by atoms with Crippen LogP contribution in [0.2, 0.25) is 0 Å². The minimum absolute atomic E-state index is 0.483. The Morgan fingerprint density at radius 1 is 0.674 bits per heavy atom. The number of benzene rings is 3. The number of methoxy groups -OCH3 is 1. The zero-order valence-electron chi connectivity index (χ0n) is 26.8. The van der Waals surface area contributed by atoms with Crippen molar-refractivity contribution in [3.05, 3.63) is 84.9 Å². The van der Waals surface area contributed by atoms with Crippen molar-refractivity contribution in [3.63, 3.8) is 0 Å². The van der Waals surface area contributed by atoms with Gasteiger partial charge in [-0.2, -0.15) is 0 Å². The summed E-state index contributed by atoms with van der Waals surface area (Å²) in [5.74, 6) is 0.602. The van der Waals surface area contributed by atoms with E-state index in [1.54, 1.807) is 14.6 Å². The molecule has 221 valence electrons. The van der Waals surface area contributed by atoms with Crippen LogP contribution < -0.4 is 10.9 Å². The summed E-state index contributed by atoms with van der Waals surface area (Å²) in [5.41, 5.74) is 4.17. The Kier molecular flexibility index (Phi) is 8.45. The van der Waals surface area contributed by atoms with Crippen molar-refractivity contribution in [1.29, 1.82) is 0 Å². The molecule has 1 saturated heterocycles. The Hall–Kier alpha value is -3.29. The van der Waals surface area contributed by atoms with Gasteiger partial charge < -0.3 is 18.7 Å². The molecule has 5 rings (SSSR count). The monoisotopic (exact) mass is 575 g/mol. The Balaban J connectivity index is 1.63. The molecule has 1 aliphatic heterocycles. The molecule has 1 fully saturated rings. The molecule has 1 radical (unpaired) electrons. The lowest BCUT2D eigenvalue weighted by Crippen LogP contribution is -2.50. The first-order valence-electron chi connectivity index (χ1n) is 14.8. The Morgan fingerprint density at radius 3 is 1.67 bits per heavy atom. The molecule has 0 unspecified atom stereocenters. The second kappa shape index (κ2) is 11.7. The molecule has 0 saturated carbocycles. The van der Waals surface area contributed by atoms with Crippen LogP contribution in [0.25, 0.3) is 33.9 Å². The molecule has 1 aromatic heterocycles. The Morgan fingerprint density at radius 2 is 1.19 bits per heavy atom. The summed E-state index contributed by atoms with van der Waals surface area (Å²) in [6.45, 7) is 16.3. The lowest BCUT2D eigenvalue weighted by molar-refractivity contribution is -0.114. The minimum atomic E-state index is -0.605. The summed E-state index contributed by atoms with van der Waals surface area (Å²) in [5, 5.41) is 0. The van der Waals surface area contributed by atoms with Crippen molar-refractivity contribution in [2.75, 3.05) is 7.11 Å². The molecule has 0 spiro atoms. The number of ether oxygens (including phenoxy) is 1. The third-order valence-electron chi connectivity index (χ3n) is 9.08. The molecule has 8 heteroatoms. The van der Waals surface area contributed by atoms with Gasteiger partial charge in [0.05, 0.1) is 33.8 Å². The maximum atomic E-state index is 6.46. The lowest BCUT2D eigenvalue weighted by atomic mass is 9.73. The van der Waals surface area contributed by atoms with E-state index in [2.05, 4.69) is 58.0 Å². The van der Waals surface area contributed by atoms with Gasteiger partial charge in [0, 0.05) is 23.8 Å². The molecule has 6 nitrogen and oxygen atoms in total. The molecule has 2 heterocycles. The van der Waals surface area contributed by atoms with Crippen LogP contribution in [0.1, 0.15) is 55.4 Å². The van der Waals surface area contributed by atoms with Crippen LogP contribution in [0.4, 0.5) is 0 Å². The molecular weight excluding hydrogens is 534 g/mol. The molecule has 3 aromatic carbocycles. The number of hydrogen-bond donors (Lipinski definition) is 0. The summed E-state index contributed by atoms with van der Waals surface area (Å²) >= 11 is 0. The topological polar surface area (TPSA) is 62.7 Å². The maximum absolute atomic E-state index is 6.46.